The van der Waals surface area contributed by atoms with Gasteiger partial charge >= 0.3 is 6.18 Å². The lowest BCUT2D eigenvalue weighted by atomic mass is 10.0. The van der Waals surface area contributed by atoms with E-state index in [-0.39, 0.29) is 32.4 Å². The first-order valence-electron chi connectivity index (χ1n) is 6.68. The monoisotopic (exact) mass is 373 g/mol. The van der Waals surface area contributed by atoms with Crippen LogP contribution in [0.1, 0.15) is 31.8 Å². The zero-order valence-corrected chi connectivity index (χ0v) is 13.6. The van der Waals surface area contributed by atoms with E-state index in [2.05, 4.69) is 0 Å². The van der Waals surface area contributed by atoms with E-state index in [1.807, 2.05) is 0 Å². The fourth-order valence-electron chi connectivity index (χ4n) is 2.66. The number of carbonyl (C=O) groups excluding carboxylic acids is 2. The van der Waals surface area contributed by atoms with Gasteiger partial charge < -0.3 is 0 Å². The summed E-state index contributed by atoms with van der Waals surface area (Å²) in [6, 6.07) is 6.64. The molecule has 0 N–H and O–H groups in total. The summed E-state index contributed by atoms with van der Waals surface area (Å²) in [4.78, 5) is 25.7. The molecule has 1 heterocycles. The fourth-order valence-corrected chi connectivity index (χ4v) is 3.14. The molecule has 24 heavy (non-hydrogen) atoms. The van der Waals surface area contributed by atoms with Crippen LogP contribution in [-0.4, -0.2) is 11.8 Å². The van der Waals surface area contributed by atoms with Crippen molar-refractivity contribution in [3.05, 3.63) is 62.6 Å². The third-order valence-electron chi connectivity index (χ3n) is 3.77. The second-order valence-corrected chi connectivity index (χ2v) is 5.97. The van der Waals surface area contributed by atoms with Crippen LogP contribution in [0.25, 0.3) is 0 Å². The maximum atomic E-state index is 13.2. The average molecular weight is 374 g/mol. The van der Waals surface area contributed by atoms with Gasteiger partial charge in [-0.1, -0.05) is 35.3 Å². The van der Waals surface area contributed by atoms with Crippen molar-refractivity contribution in [2.75, 3.05) is 4.90 Å². The molecule has 0 saturated heterocycles. The molecule has 0 atom stereocenters. The number of rotatable bonds is 1. The fraction of sp³-hybridized carbons (Fsp3) is 0.125. The standard InChI is InChI=1S/C16H8Cl2F3NO2/c1-7-10(16(19,20)21)6-11(17)12(18)13(7)22-14(23)8-4-2-3-5-9(8)15(22)24/h2-6H,1H3. The summed E-state index contributed by atoms with van der Waals surface area (Å²) in [5, 5.41) is -0.669. The Morgan fingerprint density at radius 3 is 1.96 bits per heavy atom. The van der Waals surface area contributed by atoms with Crippen molar-refractivity contribution < 1.29 is 22.8 Å². The van der Waals surface area contributed by atoms with Crippen molar-refractivity contribution in [2.45, 2.75) is 13.1 Å². The van der Waals surface area contributed by atoms with Gasteiger partial charge in [0.05, 0.1) is 32.4 Å². The van der Waals surface area contributed by atoms with Gasteiger partial charge in [-0.15, -0.1) is 0 Å². The van der Waals surface area contributed by atoms with Crippen LogP contribution >= 0.6 is 23.2 Å². The SMILES string of the molecule is Cc1c(C(F)(F)F)cc(Cl)c(Cl)c1N1C(=O)c2ccccc2C1=O. The van der Waals surface area contributed by atoms with Gasteiger partial charge in [-0.2, -0.15) is 13.2 Å². The molecule has 0 aliphatic carbocycles. The van der Waals surface area contributed by atoms with E-state index in [1.54, 1.807) is 12.1 Å². The molecule has 124 valence electrons. The van der Waals surface area contributed by atoms with Crippen LogP contribution < -0.4 is 4.90 Å². The number of anilines is 1. The predicted molar refractivity (Wildman–Crippen MR) is 83.8 cm³/mol. The van der Waals surface area contributed by atoms with Gasteiger partial charge in [-0.3, -0.25) is 9.59 Å². The number of halogens is 5. The molecule has 1 aliphatic heterocycles. The molecule has 8 heteroatoms. The Labute approximate surface area is 144 Å². The van der Waals surface area contributed by atoms with Gasteiger partial charge in [0.1, 0.15) is 0 Å². The third kappa shape index (κ3) is 2.37. The number of fused-ring (bicyclic) bond motifs is 1. The van der Waals surface area contributed by atoms with Gasteiger partial charge in [0.15, 0.2) is 0 Å². The van der Waals surface area contributed by atoms with Gasteiger partial charge in [0, 0.05) is 0 Å². The molecule has 2 aromatic carbocycles. The molecule has 2 aromatic rings. The Hall–Kier alpha value is -2.05. The van der Waals surface area contributed by atoms with E-state index in [9.17, 15) is 22.8 Å². The number of benzene rings is 2. The molecule has 0 unspecified atom stereocenters. The van der Waals surface area contributed by atoms with Crippen LogP contribution in [-0.2, 0) is 6.18 Å². The smallest absolute Gasteiger partial charge is 0.268 e. The van der Waals surface area contributed by atoms with Gasteiger partial charge in [0.25, 0.3) is 11.8 Å². The molecule has 0 spiro atoms. The Bertz CT molecular complexity index is 859. The molecule has 2 amide bonds. The molecular weight excluding hydrogens is 366 g/mol. The maximum absolute atomic E-state index is 13.2. The summed E-state index contributed by atoms with van der Waals surface area (Å²) < 4.78 is 39.6. The van der Waals surface area contributed by atoms with E-state index >= 15 is 0 Å². The van der Waals surface area contributed by atoms with Crippen molar-refractivity contribution >= 4 is 40.7 Å². The van der Waals surface area contributed by atoms with Crippen LogP contribution in [0, 0.1) is 6.92 Å². The summed E-state index contributed by atoms with van der Waals surface area (Å²) in [5.74, 6) is -1.48. The largest absolute Gasteiger partial charge is 0.416 e. The quantitative estimate of drug-likeness (QED) is 0.650. The molecule has 3 rings (SSSR count). The lowest BCUT2D eigenvalue weighted by Crippen LogP contribution is -2.31. The predicted octanol–water partition coefficient (Wildman–Crippen LogP) is 5.12. The van der Waals surface area contributed by atoms with E-state index in [4.69, 9.17) is 23.2 Å². The molecule has 0 aromatic heterocycles. The van der Waals surface area contributed by atoms with Gasteiger partial charge in [-0.05, 0) is 30.7 Å². The highest BCUT2D eigenvalue weighted by Crippen LogP contribution is 2.45. The zero-order chi connectivity index (χ0) is 17.8. The third-order valence-corrected chi connectivity index (χ3v) is 4.55. The zero-order valence-electron chi connectivity index (χ0n) is 12.0. The van der Waals surface area contributed by atoms with Crippen LogP contribution in [0.5, 0.6) is 0 Å². The van der Waals surface area contributed by atoms with Crippen molar-refractivity contribution in [3.8, 4) is 0 Å². The number of imide groups is 1. The first-order chi connectivity index (χ1) is 11.1. The lowest BCUT2D eigenvalue weighted by Gasteiger charge is -2.22. The number of alkyl halides is 3. The van der Waals surface area contributed by atoms with Crippen molar-refractivity contribution in [1.82, 2.24) is 0 Å². The van der Waals surface area contributed by atoms with E-state index in [0.29, 0.717) is 11.0 Å². The minimum atomic E-state index is -4.70. The lowest BCUT2D eigenvalue weighted by molar-refractivity contribution is -0.138. The van der Waals surface area contributed by atoms with E-state index in [0.717, 1.165) is 6.92 Å². The highest BCUT2D eigenvalue weighted by Gasteiger charge is 2.41. The minimum Gasteiger partial charge on any atom is -0.268 e. The molecule has 3 nitrogen and oxygen atoms in total. The molecule has 1 aliphatic rings. The first kappa shape index (κ1) is 16.8. The van der Waals surface area contributed by atoms with Crippen LogP contribution in [0.4, 0.5) is 18.9 Å². The first-order valence-corrected chi connectivity index (χ1v) is 7.43. The number of nitrogens with zero attached hydrogens (tertiary/aromatic N) is 1. The normalized spacial score (nSPS) is 14.3. The second-order valence-electron chi connectivity index (χ2n) is 5.18. The number of hydrogen-bond donors (Lipinski definition) is 0. The molecule has 0 saturated carbocycles. The summed E-state index contributed by atoms with van der Waals surface area (Å²) in [5.41, 5.74) is -1.53. The molecule has 0 bridgehead atoms. The van der Waals surface area contributed by atoms with Crippen molar-refractivity contribution in [1.29, 1.82) is 0 Å². The number of carbonyl (C=O) groups is 2. The van der Waals surface area contributed by atoms with Crippen LogP contribution in [0.3, 0.4) is 0 Å². The maximum Gasteiger partial charge on any atom is 0.416 e. The second kappa shape index (κ2) is 5.50. The molecular formula is C16H8Cl2F3NO2. The molecule has 0 radical (unpaired) electrons. The summed E-state index contributed by atoms with van der Waals surface area (Å²) >= 11 is 11.8. The van der Waals surface area contributed by atoms with Gasteiger partial charge in [-0.25, -0.2) is 4.90 Å². The topological polar surface area (TPSA) is 37.4 Å². The number of hydrogen-bond acceptors (Lipinski definition) is 2. The van der Waals surface area contributed by atoms with E-state index < -0.39 is 23.6 Å². The Balaban J connectivity index is 2.27. The Kier molecular flexibility index (Phi) is 3.85. The Morgan fingerprint density at radius 1 is 1.00 bits per heavy atom. The summed E-state index contributed by atoms with van der Waals surface area (Å²) in [7, 11) is 0. The van der Waals surface area contributed by atoms with Crippen molar-refractivity contribution in [3.63, 3.8) is 0 Å². The number of amides is 2. The van der Waals surface area contributed by atoms with E-state index in [1.165, 1.54) is 12.1 Å². The highest BCUT2D eigenvalue weighted by atomic mass is 35.5. The summed E-state index contributed by atoms with van der Waals surface area (Å²) in [6.07, 6.45) is -4.70. The minimum absolute atomic E-state index is 0.103. The average Bonchev–Trinajstić information content (AvgIpc) is 2.76. The molecule has 0 fully saturated rings. The van der Waals surface area contributed by atoms with Gasteiger partial charge in [0.2, 0.25) is 0 Å². The Morgan fingerprint density at radius 2 is 1.50 bits per heavy atom. The highest BCUT2D eigenvalue weighted by molar-refractivity contribution is 6.46. The van der Waals surface area contributed by atoms with Crippen molar-refractivity contribution in [2.24, 2.45) is 0 Å². The summed E-state index contributed by atoms with van der Waals surface area (Å²) in [6.45, 7) is 1.14. The van der Waals surface area contributed by atoms with Crippen LogP contribution in [0.15, 0.2) is 30.3 Å². The van der Waals surface area contributed by atoms with Crippen LogP contribution in [0.2, 0.25) is 10.0 Å².